The minimum atomic E-state index is -3.74. The quantitative estimate of drug-likeness (QED) is 0.490. The van der Waals surface area contributed by atoms with Crippen LogP contribution in [0.25, 0.3) is 22.3 Å². The van der Waals surface area contributed by atoms with E-state index in [2.05, 4.69) is 50.4 Å². The first-order valence-electron chi connectivity index (χ1n) is 9.61. The van der Waals surface area contributed by atoms with Gasteiger partial charge in [0.05, 0.1) is 16.3 Å². The molecule has 8 heteroatoms. The number of piperazine rings is 1. The second kappa shape index (κ2) is 8.39. The van der Waals surface area contributed by atoms with Crippen LogP contribution in [-0.2, 0) is 10.0 Å². The van der Waals surface area contributed by atoms with Crippen molar-refractivity contribution < 1.29 is 8.42 Å². The van der Waals surface area contributed by atoms with E-state index < -0.39 is 10.0 Å². The highest BCUT2D eigenvalue weighted by Crippen LogP contribution is 2.39. The molecule has 0 atom stereocenters. The predicted molar refractivity (Wildman–Crippen MR) is 126 cm³/mol. The normalized spacial score (nSPS) is 14.7. The van der Waals surface area contributed by atoms with Gasteiger partial charge < -0.3 is 16.0 Å². The Bertz CT molecular complexity index is 1160. The highest BCUT2D eigenvalue weighted by atomic mass is 79.9. The molecule has 0 aromatic heterocycles. The van der Waals surface area contributed by atoms with Gasteiger partial charge in [0, 0.05) is 36.2 Å². The first-order chi connectivity index (χ1) is 14.3. The van der Waals surface area contributed by atoms with Crippen molar-refractivity contribution >= 4 is 37.3 Å². The van der Waals surface area contributed by atoms with Crippen LogP contribution in [0.3, 0.4) is 0 Å². The summed E-state index contributed by atoms with van der Waals surface area (Å²) in [6.07, 6.45) is 0. The van der Waals surface area contributed by atoms with E-state index >= 15 is 0 Å². The van der Waals surface area contributed by atoms with Gasteiger partial charge in [-0.3, -0.25) is 0 Å². The molecule has 0 amide bonds. The van der Waals surface area contributed by atoms with E-state index in [9.17, 15) is 8.42 Å². The molecule has 3 aromatic carbocycles. The van der Waals surface area contributed by atoms with Crippen LogP contribution >= 0.6 is 15.9 Å². The van der Waals surface area contributed by atoms with Gasteiger partial charge in [-0.2, -0.15) is 0 Å². The molecule has 30 heavy (non-hydrogen) atoms. The number of rotatable bonds is 4. The number of halogens is 1. The smallest absolute Gasteiger partial charge is 0.238 e. The lowest BCUT2D eigenvalue weighted by atomic mass is 9.95. The molecule has 0 unspecified atom stereocenters. The summed E-state index contributed by atoms with van der Waals surface area (Å²) in [6, 6.07) is 18.9. The summed E-state index contributed by atoms with van der Waals surface area (Å²) in [5.74, 6) is 0. The summed E-state index contributed by atoms with van der Waals surface area (Å²) in [7, 11) is -3.74. The van der Waals surface area contributed by atoms with Crippen molar-refractivity contribution in [2.75, 3.05) is 36.8 Å². The molecule has 6 nitrogen and oxygen atoms in total. The number of nitrogens with two attached hydrogens (primary N) is 2. The Morgan fingerprint density at radius 1 is 0.867 bits per heavy atom. The van der Waals surface area contributed by atoms with E-state index in [0.29, 0.717) is 5.69 Å². The molecule has 0 aliphatic carbocycles. The standard InChI is InChI=1S/C22H23BrN4O2S/c23-18-5-1-15(2-6-18)17-13-20(16-3-7-19(8-4-16)30(25,28)29)22(24)21(14-17)27-11-9-26-10-12-27/h1-8,13-14,26H,9-12,24H2,(H2,25,28,29). The predicted octanol–water partition coefficient (Wildman–Crippen LogP) is 3.42. The van der Waals surface area contributed by atoms with Crippen LogP contribution in [0.15, 0.2) is 70.0 Å². The number of nitrogens with one attached hydrogen (secondary N) is 1. The molecule has 0 saturated carbocycles. The SMILES string of the molecule is Nc1c(-c2ccc(S(N)(=O)=O)cc2)cc(-c2ccc(Br)cc2)cc1N1CCNCC1. The van der Waals surface area contributed by atoms with Crippen LogP contribution in [0.5, 0.6) is 0 Å². The maximum absolute atomic E-state index is 11.6. The van der Waals surface area contributed by atoms with E-state index in [0.717, 1.165) is 58.6 Å². The third-order valence-corrected chi connectivity index (χ3v) is 6.75. The zero-order valence-corrected chi connectivity index (χ0v) is 18.7. The summed E-state index contributed by atoms with van der Waals surface area (Å²) >= 11 is 3.49. The summed E-state index contributed by atoms with van der Waals surface area (Å²) < 4.78 is 24.2. The average Bonchev–Trinajstić information content (AvgIpc) is 2.75. The molecule has 1 fully saturated rings. The third kappa shape index (κ3) is 4.37. The molecule has 0 bridgehead atoms. The molecule has 0 radical (unpaired) electrons. The van der Waals surface area contributed by atoms with Crippen LogP contribution in [-0.4, -0.2) is 34.6 Å². The first-order valence-corrected chi connectivity index (χ1v) is 12.0. The van der Waals surface area contributed by atoms with Crippen LogP contribution < -0.4 is 21.1 Å². The number of nitrogens with zero attached hydrogens (tertiary/aromatic N) is 1. The molecule has 1 heterocycles. The summed E-state index contributed by atoms with van der Waals surface area (Å²) in [4.78, 5) is 2.37. The molecule has 156 valence electrons. The van der Waals surface area contributed by atoms with Crippen molar-refractivity contribution in [3.63, 3.8) is 0 Å². The Hall–Kier alpha value is -2.39. The van der Waals surface area contributed by atoms with E-state index in [4.69, 9.17) is 10.9 Å². The molecule has 1 saturated heterocycles. The fourth-order valence-corrected chi connectivity index (χ4v) is 4.46. The second-order valence-corrected chi connectivity index (χ2v) is 9.75. The molecule has 3 aromatic rings. The van der Waals surface area contributed by atoms with Gasteiger partial charge in [-0.05, 0) is 53.1 Å². The third-order valence-electron chi connectivity index (χ3n) is 5.29. The number of anilines is 2. The molecule has 1 aliphatic rings. The number of hydrogen-bond donors (Lipinski definition) is 3. The maximum Gasteiger partial charge on any atom is 0.238 e. The van der Waals surface area contributed by atoms with Crippen molar-refractivity contribution in [2.24, 2.45) is 5.14 Å². The molecular formula is C22H23BrN4O2S. The lowest BCUT2D eigenvalue weighted by Crippen LogP contribution is -2.43. The highest BCUT2D eigenvalue weighted by molar-refractivity contribution is 9.10. The lowest BCUT2D eigenvalue weighted by molar-refractivity contribution is 0.590. The molecule has 1 aliphatic heterocycles. The lowest BCUT2D eigenvalue weighted by Gasteiger charge is -2.31. The summed E-state index contributed by atoms with van der Waals surface area (Å²) in [6.45, 7) is 3.55. The Kier molecular flexibility index (Phi) is 5.84. The largest absolute Gasteiger partial charge is 0.397 e. The van der Waals surface area contributed by atoms with Gasteiger partial charge >= 0.3 is 0 Å². The minimum absolute atomic E-state index is 0.0798. The van der Waals surface area contributed by atoms with E-state index in [1.54, 1.807) is 12.1 Å². The second-order valence-electron chi connectivity index (χ2n) is 7.27. The molecule has 4 rings (SSSR count). The Balaban J connectivity index is 1.85. The zero-order valence-electron chi connectivity index (χ0n) is 16.3. The van der Waals surface area contributed by atoms with Gasteiger partial charge in [0.1, 0.15) is 0 Å². The van der Waals surface area contributed by atoms with Crippen LogP contribution in [0.2, 0.25) is 0 Å². The number of nitrogen functional groups attached to an aromatic ring is 1. The van der Waals surface area contributed by atoms with Crippen molar-refractivity contribution in [3.05, 3.63) is 65.1 Å². The van der Waals surface area contributed by atoms with Crippen molar-refractivity contribution in [2.45, 2.75) is 4.90 Å². The van der Waals surface area contributed by atoms with E-state index in [1.807, 2.05) is 12.1 Å². The van der Waals surface area contributed by atoms with Crippen LogP contribution in [0.4, 0.5) is 11.4 Å². The first kappa shape index (κ1) is 20.9. The minimum Gasteiger partial charge on any atom is -0.397 e. The van der Waals surface area contributed by atoms with Gasteiger partial charge in [0.25, 0.3) is 0 Å². The molecule has 0 spiro atoms. The Morgan fingerprint density at radius 2 is 1.47 bits per heavy atom. The molecular weight excluding hydrogens is 464 g/mol. The fraction of sp³-hybridized carbons (Fsp3) is 0.182. The highest BCUT2D eigenvalue weighted by Gasteiger charge is 2.18. The van der Waals surface area contributed by atoms with Gasteiger partial charge in [-0.1, -0.05) is 40.2 Å². The van der Waals surface area contributed by atoms with Crippen molar-refractivity contribution in [3.8, 4) is 22.3 Å². The van der Waals surface area contributed by atoms with Gasteiger partial charge in [0.15, 0.2) is 0 Å². The molecule has 5 N–H and O–H groups in total. The van der Waals surface area contributed by atoms with Crippen molar-refractivity contribution in [1.29, 1.82) is 0 Å². The summed E-state index contributed by atoms with van der Waals surface area (Å²) in [5, 5.41) is 8.61. The van der Waals surface area contributed by atoms with Gasteiger partial charge in [0.2, 0.25) is 10.0 Å². The Labute approximate surface area is 185 Å². The monoisotopic (exact) mass is 486 g/mol. The topological polar surface area (TPSA) is 101 Å². The Morgan fingerprint density at radius 3 is 2.07 bits per heavy atom. The zero-order chi connectivity index (χ0) is 21.3. The fourth-order valence-electron chi connectivity index (χ4n) is 3.68. The maximum atomic E-state index is 11.6. The number of benzene rings is 3. The average molecular weight is 487 g/mol. The van der Waals surface area contributed by atoms with E-state index in [1.165, 1.54) is 12.1 Å². The van der Waals surface area contributed by atoms with Gasteiger partial charge in [-0.15, -0.1) is 0 Å². The van der Waals surface area contributed by atoms with Crippen LogP contribution in [0.1, 0.15) is 0 Å². The number of hydrogen-bond acceptors (Lipinski definition) is 5. The number of sulfonamides is 1. The number of primary sulfonamides is 1. The van der Waals surface area contributed by atoms with Gasteiger partial charge in [-0.25, -0.2) is 13.6 Å². The van der Waals surface area contributed by atoms with Crippen LogP contribution in [0, 0.1) is 0 Å². The van der Waals surface area contributed by atoms with E-state index in [-0.39, 0.29) is 4.90 Å². The summed E-state index contributed by atoms with van der Waals surface area (Å²) in [5.41, 5.74) is 12.1. The van der Waals surface area contributed by atoms with Crippen molar-refractivity contribution in [1.82, 2.24) is 5.32 Å².